The fraction of sp³-hybridized carbons (Fsp3) is 0.368. The van der Waals surface area contributed by atoms with Gasteiger partial charge in [0, 0.05) is 48.0 Å². The zero-order valence-electron chi connectivity index (χ0n) is 13.8. The average Bonchev–Trinajstić information content (AvgIpc) is 2.87. The summed E-state index contributed by atoms with van der Waals surface area (Å²) in [5, 5.41) is 3.59. The van der Waals surface area contributed by atoms with Gasteiger partial charge in [-0.2, -0.15) is 0 Å². The Labute approximate surface area is 152 Å². The van der Waals surface area contributed by atoms with E-state index in [4.69, 9.17) is 16.3 Å². The molecule has 2 atom stereocenters. The quantitative estimate of drug-likeness (QED) is 0.888. The number of benzene rings is 1. The predicted molar refractivity (Wildman–Crippen MR) is 97.0 cm³/mol. The summed E-state index contributed by atoms with van der Waals surface area (Å²) in [7, 11) is 0. The van der Waals surface area contributed by atoms with Gasteiger partial charge < -0.3 is 15.0 Å². The number of fused-ring (bicyclic) bond motifs is 2. The van der Waals surface area contributed by atoms with E-state index in [0.29, 0.717) is 5.02 Å². The Morgan fingerprint density at radius 2 is 1.88 bits per heavy atom. The zero-order chi connectivity index (χ0) is 17.2. The summed E-state index contributed by atoms with van der Waals surface area (Å²) in [6.45, 7) is 0. The third-order valence-electron chi connectivity index (χ3n) is 4.95. The van der Waals surface area contributed by atoms with E-state index in [2.05, 4.69) is 10.3 Å². The van der Waals surface area contributed by atoms with Gasteiger partial charge in [-0.1, -0.05) is 17.7 Å². The van der Waals surface area contributed by atoms with Crippen LogP contribution in [0.1, 0.15) is 25.7 Å². The standard InChI is InChI=1S/C19H20ClN3O2/c20-13-2-1-3-14(10-13)22-19(24)23-15-4-5-16(23)12-18(11-15)25-17-6-8-21-9-7-17/h1-3,6-10,15-16,18H,4-5,11-12H2,(H,22,24). The molecule has 0 aliphatic carbocycles. The van der Waals surface area contributed by atoms with Crippen LogP contribution in [-0.4, -0.2) is 34.1 Å². The molecule has 0 radical (unpaired) electrons. The minimum atomic E-state index is -0.0443. The highest BCUT2D eigenvalue weighted by molar-refractivity contribution is 6.30. The van der Waals surface area contributed by atoms with Gasteiger partial charge in [0.05, 0.1) is 0 Å². The first kappa shape index (κ1) is 16.2. The van der Waals surface area contributed by atoms with Crippen molar-refractivity contribution in [2.24, 2.45) is 0 Å². The number of hydrogen-bond donors (Lipinski definition) is 1. The molecule has 0 spiro atoms. The second-order valence-corrected chi connectivity index (χ2v) is 7.06. The molecule has 2 saturated heterocycles. The first-order chi connectivity index (χ1) is 12.2. The van der Waals surface area contributed by atoms with Gasteiger partial charge in [0.2, 0.25) is 0 Å². The Morgan fingerprint density at radius 3 is 2.56 bits per heavy atom. The SMILES string of the molecule is O=C(Nc1cccc(Cl)c1)N1C2CCC1CC(Oc1ccncc1)C2. The van der Waals surface area contributed by atoms with Gasteiger partial charge >= 0.3 is 6.03 Å². The lowest BCUT2D eigenvalue weighted by atomic mass is 10.00. The minimum Gasteiger partial charge on any atom is -0.490 e. The lowest BCUT2D eigenvalue weighted by molar-refractivity contribution is 0.0732. The van der Waals surface area contributed by atoms with E-state index in [0.717, 1.165) is 37.1 Å². The Bertz CT molecular complexity index is 741. The molecule has 2 aromatic rings. The topological polar surface area (TPSA) is 54.5 Å². The van der Waals surface area contributed by atoms with Crippen molar-refractivity contribution in [2.45, 2.75) is 43.9 Å². The van der Waals surface area contributed by atoms with Crippen LogP contribution in [0.4, 0.5) is 10.5 Å². The van der Waals surface area contributed by atoms with Gasteiger partial charge in [-0.25, -0.2) is 4.79 Å². The minimum absolute atomic E-state index is 0.0443. The first-order valence-corrected chi connectivity index (χ1v) is 8.98. The van der Waals surface area contributed by atoms with E-state index in [1.807, 2.05) is 29.2 Å². The second-order valence-electron chi connectivity index (χ2n) is 6.63. The summed E-state index contributed by atoms with van der Waals surface area (Å²) < 4.78 is 6.08. The van der Waals surface area contributed by atoms with Crippen LogP contribution in [0.2, 0.25) is 5.02 Å². The number of urea groups is 1. The van der Waals surface area contributed by atoms with E-state index in [9.17, 15) is 4.79 Å². The monoisotopic (exact) mass is 357 g/mol. The Morgan fingerprint density at radius 1 is 1.16 bits per heavy atom. The molecular formula is C19H20ClN3O2. The van der Waals surface area contributed by atoms with Crippen LogP contribution >= 0.6 is 11.6 Å². The van der Waals surface area contributed by atoms with Crippen LogP contribution in [0.15, 0.2) is 48.8 Å². The molecule has 2 fully saturated rings. The van der Waals surface area contributed by atoms with Crippen molar-refractivity contribution in [2.75, 3.05) is 5.32 Å². The number of nitrogens with one attached hydrogen (secondary N) is 1. The van der Waals surface area contributed by atoms with Gasteiger partial charge in [0.15, 0.2) is 0 Å². The number of carbonyl (C=O) groups is 1. The van der Waals surface area contributed by atoms with Crippen molar-refractivity contribution in [1.82, 2.24) is 9.88 Å². The number of piperidine rings is 1. The van der Waals surface area contributed by atoms with Crippen LogP contribution in [0.5, 0.6) is 5.75 Å². The molecule has 2 aliphatic heterocycles. The van der Waals surface area contributed by atoms with Crippen LogP contribution in [0.3, 0.4) is 0 Å². The van der Waals surface area contributed by atoms with E-state index in [1.54, 1.807) is 24.5 Å². The number of halogens is 1. The number of amides is 2. The average molecular weight is 358 g/mol. The Balaban J connectivity index is 1.41. The van der Waals surface area contributed by atoms with Crippen LogP contribution in [0, 0.1) is 0 Å². The maximum Gasteiger partial charge on any atom is 0.322 e. The molecule has 25 heavy (non-hydrogen) atoms. The van der Waals surface area contributed by atoms with E-state index >= 15 is 0 Å². The highest BCUT2D eigenvalue weighted by Crippen LogP contribution is 2.37. The zero-order valence-corrected chi connectivity index (χ0v) is 14.5. The number of pyridine rings is 1. The van der Waals surface area contributed by atoms with Gasteiger partial charge in [-0.3, -0.25) is 4.98 Å². The van der Waals surface area contributed by atoms with Crippen molar-refractivity contribution in [3.8, 4) is 5.75 Å². The number of aromatic nitrogens is 1. The molecular weight excluding hydrogens is 338 g/mol. The van der Waals surface area contributed by atoms with Crippen molar-refractivity contribution >= 4 is 23.3 Å². The summed E-state index contributed by atoms with van der Waals surface area (Å²) in [5.74, 6) is 0.844. The maximum absolute atomic E-state index is 12.7. The third-order valence-corrected chi connectivity index (χ3v) is 5.19. The van der Waals surface area contributed by atoms with Gasteiger partial charge in [0.25, 0.3) is 0 Å². The molecule has 3 heterocycles. The second kappa shape index (κ2) is 6.92. The smallest absolute Gasteiger partial charge is 0.322 e. The van der Waals surface area contributed by atoms with Crippen molar-refractivity contribution in [3.05, 3.63) is 53.8 Å². The summed E-state index contributed by atoms with van der Waals surface area (Å²) >= 11 is 5.99. The Hall–Kier alpha value is -2.27. The van der Waals surface area contributed by atoms with Crippen molar-refractivity contribution < 1.29 is 9.53 Å². The van der Waals surface area contributed by atoms with Gasteiger partial charge in [-0.15, -0.1) is 0 Å². The lowest BCUT2D eigenvalue weighted by Gasteiger charge is -2.38. The van der Waals surface area contributed by atoms with Crippen molar-refractivity contribution in [1.29, 1.82) is 0 Å². The third kappa shape index (κ3) is 3.56. The number of ether oxygens (including phenoxy) is 1. The fourth-order valence-corrected chi connectivity index (χ4v) is 4.11. The van der Waals surface area contributed by atoms with Gasteiger partial charge in [0.1, 0.15) is 11.9 Å². The highest BCUT2D eigenvalue weighted by atomic mass is 35.5. The first-order valence-electron chi connectivity index (χ1n) is 8.60. The van der Waals surface area contributed by atoms with Crippen LogP contribution in [0.25, 0.3) is 0 Å². The summed E-state index contributed by atoms with van der Waals surface area (Å²) in [6.07, 6.45) is 7.40. The lowest BCUT2D eigenvalue weighted by Crippen LogP contribution is -2.50. The predicted octanol–water partition coefficient (Wildman–Crippen LogP) is 4.34. The molecule has 5 nitrogen and oxygen atoms in total. The van der Waals surface area contributed by atoms with Gasteiger partial charge in [-0.05, 0) is 43.2 Å². The largest absolute Gasteiger partial charge is 0.490 e. The Kier molecular flexibility index (Phi) is 4.49. The summed E-state index contributed by atoms with van der Waals surface area (Å²) in [5.41, 5.74) is 0.729. The van der Waals surface area contributed by atoms with E-state index in [-0.39, 0.29) is 24.2 Å². The van der Waals surface area contributed by atoms with Crippen LogP contribution < -0.4 is 10.1 Å². The van der Waals surface area contributed by atoms with E-state index < -0.39 is 0 Å². The normalized spacial score (nSPS) is 24.8. The van der Waals surface area contributed by atoms with Crippen molar-refractivity contribution in [3.63, 3.8) is 0 Å². The number of hydrogen-bond acceptors (Lipinski definition) is 3. The molecule has 0 saturated carbocycles. The number of rotatable bonds is 3. The number of nitrogens with zero attached hydrogens (tertiary/aromatic N) is 2. The molecule has 1 aromatic heterocycles. The number of anilines is 1. The molecule has 130 valence electrons. The highest BCUT2D eigenvalue weighted by Gasteiger charge is 2.44. The van der Waals surface area contributed by atoms with Crippen LogP contribution in [-0.2, 0) is 0 Å². The summed E-state index contributed by atoms with van der Waals surface area (Å²) in [6, 6.07) is 11.4. The molecule has 2 bridgehead atoms. The molecule has 2 aliphatic rings. The number of carbonyl (C=O) groups excluding carboxylic acids is 1. The fourth-order valence-electron chi connectivity index (χ4n) is 3.92. The molecule has 6 heteroatoms. The molecule has 1 N–H and O–H groups in total. The maximum atomic E-state index is 12.7. The molecule has 1 aromatic carbocycles. The van der Waals surface area contributed by atoms with E-state index in [1.165, 1.54) is 0 Å². The molecule has 2 unspecified atom stereocenters. The molecule has 4 rings (SSSR count). The summed E-state index contributed by atoms with van der Waals surface area (Å²) in [4.78, 5) is 18.7. The molecule has 2 amide bonds.